The Morgan fingerprint density at radius 2 is 0.659 bits per heavy atom. The summed E-state index contributed by atoms with van der Waals surface area (Å²) >= 11 is 3.70. The van der Waals surface area contributed by atoms with Gasteiger partial charge in [0.1, 0.15) is 0 Å². The molecule has 0 amide bonds. The molecule has 0 fully saturated rings. The molecule has 2 heterocycles. The third-order valence-corrected chi connectivity index (χ3v) is 17.1. The first kappa shape index (κ1) is 51.3. The van der Waals surface area contributed by atoms with Crippen molar-refractivity contribution in [1.82, 2.24) is 0 Å². The van der Waals surface area contributed by atoms with Crippen molar-refractivity contribution in [3.05, 3.63) is 334 Å². The minimum absolute atomic E-state index is 0.189. The van der Waals surface area contributed by atoms with Crippen LogP contribution in [0.2, 0.25) is 0 Å². The molecular formula is C78H55BN5Se. The fourth-order valence-electron chi connectivity index (χ4n) is 12.8. The number of benzene rings is 13. The average Bonchev–Trinajstić information content (AvgIpc) is 0.921. The van der Waals surface area contributed by atoms with Gasteiger partial charge in [0.15, 0.2) is 0 Å². The number of hydrogen-bond acceptors (Lipinski definition) is 5. The van der Waals surface area contributed by atoms with E-state index in [2.05, 4.69) is 374 Å². The molecule has 13 aromatic rings. The van der Waals surface area contributed by atoms with E-state index in [1.165, 1.54) is 16.4 Å². The van der Waals surface area contributed by atoms with E-state index < -0.39 is 0 Å². The van der Waals surface area contributed by atoms with Crippen molar-refractivity contribution in [2.45, 2.75) is 0 Å². The molecule has 0 bridgehead atoms. The first-order valence-corrected chi connectivity index (χ1v) is 29.8. The summed E-state index contributed by atoms with van der Waals surface area (Å²) in [5, 5.41) is 0. The van der Waals surface area contributed by atoms with Crippen molar-refractivity contribution in [2.75, 3.05) is 24.5 Å². The Kier molecular flexibility index (Phi) is 13.5. The van der Waals surface area contributed by atoms with Gasteiger partial charge in [-0.05, 0) is 0 Å². The Labute approximate surface area is 506 Å². The van der Waals surface area contributed by atoms with Gasteiger partial charge in [-0.25, -0.2) is 0 Å². The normalized spacial score (nSPS) is 12.0. The van der Waals surface area contributed by atoms with Gasteiger partial charge in [0.2, 0.25) is 0 Å². The van der Waals surface area contributed by atoms with Crippen LogP contribution in [-0.4, -0.2) is 22.7 Å². The quantitative estimate of drug-likeness (QED) is 0.107. The monoisotopic (exact) mass is 1150 g/mol. The molecule has 401 valence electrons. The van der Waals surface area contributed by atoms with Crippen molar-refractivity contribution >= 4 is 129 Å². The number of rotatable bonds is 13. The molecule has 2 aliphatic heterocycles. The molecule has 0 saturated carbocycles. The molecule has 85 heavy (non-hydrogen) atoms. The van der Waals surface area contributed by atoms with E-state index in [9.17, 15) is 0 Å². The molecule has 2 aliphatic rings. The number of fused-ring (bicyclic) bond motifs is 4. The molecule has 0 saturated heterocycles. The number of hydrogen-bond donors (Lipinski definition) is 0. The van der Waals surface area contributed by atoms with Crippen molar-refractivity contribution in [3.63, 3.8) is 0 Å². The maximum atomic E-state index is 3.70. The summed E-state index contributed by atoms with van der Waals surface area (Å²) in [6, 6.07) is 121. The summed E-state index contributed by atoms with van der Waals surface area (Å²) in [7, 11) is 0. The topological polar surface area (TPSA) is 16.2 Å². The summed E-state index contributed by atoms with van der Waals surface area (Å²) in [5.74, 6) is 0. The molecule has 0 atom stereocenters. The van der Waals surface area contributed by atoms with Gasteiger partial charge in [0, 0.05) is 0 Å². The third kappa shape index (κ3) is 9.33. The number of nitrogens with zero attached hydrogens (tertiary/aromatic N) is 5. The molecule has 7 heteroatoms. The van der Waals surface area contributed by atoms with Gasteiger partial charge in [-0.3, -0.25) is 0 Å². The summed E-state index contributed by atoms with van der Waals surface area (Å²) < 4.78 is 1.01. The van der Waals surface area contributed by atoms with E-state index in [0.29, 0.717) is 0 Å². The van der Waals surface area contributed by atoms with E-state index in [4.69, 9.17) is 0 Å². The van der Waals surface area contributed by atoms with Gasteiger partial charge in [-0.2, -0.15) is 0 Å². The Hall–Kier alpha value is -10.6. The Bertz CT molecular complexity index is 4420. The zero-order valence-corrected chi connectivity index (χ0v) is 48.2. The van der Waals surface area contributed by atoms with Crippen LogP contribution in [0.4, 0.5) is 85.3 Å². The molecule has 0 unspecified atom stereocenters. The van der Waals surface area contributed by atoms with Crippen molar-refractivity contribution < 1.29 is 0 Å². The van der Waals surface area contributed by atoms with Crippen LogP contribution >= 0.6 is 0 Å². The van der Waals surface area contributed by atoms with Crippen LogP contribution in [0.5, 0.6) is 0 Å². The summed E-state index contributed by atoms with van der Waals surface area (Å²) in [6.07, 6.45) is 0. The van der Waals surface area contributed by atoms with E-state index in [1.54, 1.807) is 0 Å². The van der Waals surface area contributed by atoms with Gasteiger partial charge in [-0.1, -0.05) is 0 Å². The van der Waals surface area contributed by atoms with E-state index in [-0.39, 0.29) is 6.71 Å². The summed E-state index contributed by atoms with van der Waals surface area (Å²) in [5.41, 5.74) is 24.4. The van der Waals surface area contributed by atoms with Gasteiger partial charge in [0.05, 0.1) is 0 Å². The Morgan fingerprint density at radius 1 is 0.259 bits per heavy atom. The second-order valence-electron chi connectivity index (χ2n) is 21.4. The van der Waals surface area contributed by atoms with E-state index in [0.717, 1.165) is 112 Å². The standard InChI is InChI=1S/C78H55BN5Se/c85-77-55-73-69(54-74(77)82(70-45-25-22-42-66(70)56-28-8-1-9-29-56)64-50-48-63(49-51-64)80(58-32-12-3-13-33-58)59-34-14-4-15-35-59)79-68-44-24-27-47-72(68)83(62-40-20-7-21-41-62)75-52-65(81(60-36-16-5-17-37-60)61-38-18-6-19-39-61)53-76(78(75)79)84(73)71-46-26-23-43-67(71)57-30-10-2-11-31-57/h1-55H. The number of para-hydroxylation sites is 8. The van der Waals surface area contributed by atoms with Crippen LogP contribution in [0.15, 0.2) is 334 Å². The molecular weight excluding hydrogens is 1100 g/mol. The van der Waals surface area contributed by atoms with E-state index >= 15 is 0 Å². The van der Waals surface area contributed by atoms with Crippen LogP contribution < -0.4 is 45.3 Å². The first-order chi connectivity index (χ1) is 42.1. The predicted octanol–water partition coefficient (Wildman–Crippen LogP) is 18.3. The first-order valence-electron chi connectivity index (χ1n) is 28.9. The molecule has 13 aromatic carbocycles. The Balaban J connectivity index is 1.02. The second kappa shape index (κ2) is 22.3. The number of anilines is 15. The van der Waals surface area contributed by atoms with Gasteiger partial charge in [0.25, 0.3) is 0 Å². The van der Waals surface area contributed by atoms with Crippen molar-refractivity contribution in [3.8, 4) is 22.3 Å². The van der Waals surface area contributed by atoms with Crippen LogP contribution in [0.3, 0.4) is 0 Å². The fourth-order valence-corrected chi connectivity index (χ4v) is 13.3. The predicted molar refractivity (Wildman–Crippen MR) is 361 cm³/mol. The summed E-state index contributed by atoms with van der Waals surface area (Å²) in [6.45, 7) is -0.189. The molecule has 0 spiro atoms. The van der Waals surface area contributed by atoms with Gasteiger partial charge in [-0.15, -0.1) is 0 Å². The van der Waals surface area contributed by atoms with Crippen LogP contribution in [0.25, 0.3) is 22.3 Å². The van der Waals surface area contributed by atoms with Gasteiger partial charge < -0.3 is 0 Å². The molecule has 0 N–H and O–H groups in total. The van der Waals surface area contributed by atoms with Crippen molar-refractivity contribution in [1.29, 1.82) is 0 Å². The van der Waals surface area contributed by atoms with E-state index in [1.807, 2.05) is 0 Å². The Morgan fingerprint density at radius 3 is 1.21 bits per heavy atom. The zero-order valence-electron chi connectivity index (χ0n) is 46.5. The third-order valence-electron chi connectivity index (χ3n) is 16.4. The molecule has 0 aromatic heterocycles. The zero-order chi connectivity index (χ0) is 56.6. The fraction of sp³-hybridized carbons (Fsp3) is 0. The van der Waals surface area contributed by atoms with Crippen LogP contribution in [-0.2, 0) is 0 Å². The second-order valence-corrected chi connectivity index (χ2v) is 22.3. The van der Waals surface area contributed by atoms with Crippen LogP contribution in [0, 0.1) is 0 Å². The maximum absolute atomic E-state index is 3.70. The molecule has 5 nitrogen and oxygen atoms in total. The van der Waals surface area contributed by atoms with Crippen LogP contribution in [0.1, 0.15) is 0 Å². The molecule has 1 radical (unpaired) electrons. The van der Waals surface area contributed by atoms with Crippen molar-refractivity contribution in [2.24, 2.45) is 0 Å². The average molecular weight is 1150 g/mol. The molecule has 15 rings (SSSR count). The SMILES string of the molecule is [Se]c1cc2c(cc1N(c1ccc(N(c3ccccc3)c3ccccc3)cc1)c1ccccc1-c1ccccc1)B1c3ccccc3N(c3ccccc3)c3cc(N(c4ccccc4)c4ccccc4)cc(c31)N2c1ccccc1-c1ccccc1. The molecule has 0 aliphatic carbocycles. The van der Waals surface area contributed by atoms with Gasteiger partial charge >= 0.3 is 509 Å². The minimum atomic E-state index is -0.189. The summed E-state index contributed by atoms with van der Waals surface area (Å²) in [4.78, 5) is 12.3.